The van der Waals surface area contributed by atoms with Crippen LogP contribution in [0.1, 0.15) is 31.2 Å². The van der Waals surface area contributed by atoms with Crippen LogP contribution < -0.4 is 10.5 Å². The van der Waals surface area contributed by atoms with Crippen LogP contribution in [0.4, 0.5) is 0 Å². The van der Waals surface area contributed by atoms with Gasteiger partial charge in [0, 0.05) is 6.54 Å². The fourth-order valence-electron chi connectivity index (χ4n) is 2.63. The van der Waals surface area contributed by atoms with E-state index in [2.05, 4.69) is 0 Å². The number of benzene rings is 1. The molecule has 1 aliphatic rings. The Hall–Kier alpha value is -1.07. The Morgan fingerprint density at radius 2 is 1.80 bits per heavy atom. The van der Waals surface area contributed by atoms with Crippen LogP contribution in [0.5, 0.6) is 5.75 Å². The third-order valence-corrected chi connectivity index (χ3v) is 5.55. The lowest BCUT2D eigenvalue weighted by molar-refractivity contribution is 0.340. The van der Waals surface area contributed by atoms with Gasteiger partial charge in [-0.25, -0.2) is 8.42 Å². The quantitative estimate of drug-likeness (QED) is 0.837. The molecule has 0 atom stereocenters. The molecule has 0 aromatic heterocycles. The van der Waals surface area contributed by atoms with Gasteiger partial charge < -0.3 is 10.5 Å². The van der Waals surface area contributed by atoms with Gasteiger partial charge >= 0.3 is 0 Å². The summed E-state index contributed by atoms with van der Waals surface area (Å²) in [5, 5.41) is 0. The number of sulfone groups is 1. The number of ether oxygens (including phenoxy) is 1. The van der Waals surface area contributed by atoms with Crippen molar-refractivity contribution in [2.24, 2.45) is 11.7 Å². The summed E-state index contributed by atoms with van der Waals surface area (Å²) >= 11 is 0. The van der Waals surface area contributed by atoms with Crippen molar-refractivity contribution in [1.82, 2.24) is 0 Å². The molecule has 4 nitrogen and oxygen atoms in total. The van der Waals surface area contributed by atoms with Gasteiger partial charge in [0.2, 0.25) is 0 Å². The average Bonchev–Trinajstić information content (AvgIpc) is 2.91. The van der Waals surface area contributed by atoms with Crippen LogP contribution in [0.2, 0.25) is 0 Å². The summed E-state index contributed by atoms with van der Waals surface area (Å²) in [7, 11) is -2.99. The number of rotatable bonds is 7. The van der Waals surface area contributed by atoms with E-state index in [4.69, 9.17) is 10.5 Å². The second-order valence-electron chi connectivity index (χ2n) is 5.46. The minimum Gasteiger partial charge on any atom is -0.493 e. The van der Waals surface area contributed by atoms with E-state index in [0.29, 0.717) is 24.0 Å². The summed E-state index contributed by atoms with van der Waals surface area (Å²) in [4.78, 5) is 0. The summed E-state index contributed by atoms with van der Waals surface area (Å²) < 4.78 is 29.4. The Labute approximate surface area is 121 Å². The number of hydrogen-bond acceptors (Lipinski definition) is 4. The smallest absolute Gasteiger partial charge is 0.153 e. The van der Waals surface area contributed by atoms with Crippen LogP contribution in [0, 0.1) is 5.92 Å². The third kappa shape index (κ3) is 4.80. The van der Waals surface area contributed by atoms with Crippen LogP contribution in [0.15, 0.2) is 24.3 Å². The molecule has 0 unspecified atom stereocenters. The maximum atomic E-state index is 12.0. The first-order valence-corrected chi connectivity index (χ1v) is 9.03. The highest BCUT2D eigenvalue weighted by Gasteiger charge is 2.22. The molecule has 2 N–H and O–H groups in total. The van der Waals surface area contributed by atoms with Crippen molar-refractivity contribution < 1.29 is 13.2 Å². The van der Waals surface area contributed by atoms with E-state index in [0.717, 1.165) is 18.4 Å². The van der Waals surface area contributed by atoms with E-state index < -0.39 is 9.84 Å². The molecule has 2 rings (SSSR count). The first-order valence-electron chi connectivity index (χ1n) is 7.21. The molecule has 1 aromatic rings. The lowest BCUT2D eigenvalue weighted by Crippen LogP contribution is -2.21. The molecule has 0 aliphatic heterocycles. The van der Waals surface area contributed by atoms with E-state index in [-0.39, 0.29) is 12.4 Å². The second kappa shape index (κ2) is 7.09. The zero-order chi connectivity index (χ0) is 14.4. The molecule has 0 heterocycles. The van der Waals surface area contributed by atoms with Gasteiger partial charge in [0.25, 0.3) is 0 Å². The fourth-order valence-corrected chi connectivity index (χ4v) is 4.18. The van der Waals surface area contributed by atoms with Gasteiger partial charge in [-0.3, -0.25) is 0 Å². The maximum absolute atomic E-state index is 12.0. The van der Waals surface area contributed by atoms with E-state index in [1.165, 1.54) is 12.8 Å². The standard InChI is InChI=1S/C15H23NO3S/c16-11-13-5-7-15(8-6-13)19-9-10-20(17,18)12-14-3-1-2-4-14/h5-8,14H,1-4,9-12,16H2. The Balaban J connectivity index is 1.76. The summed E-state index contributed by atoms with van der Waals surface area (Å²) in [6, 6.07) is 7.43. The summed E-state index contributed by atoms with van der Waals surface area (Å²) in [5.74, 6) is 1.48. The van der Waals surface area contributed by atoms with Crippen molar-refractivity contribution in [1.29, 1.82) is 0 Å². The minimum absolute atomic E-state index is 0.0993. The van der Waals surface area contributed by atoms with Crippen LogP contribution >= 0.6 is 0 Å². The van der Waals surface area contributed by atoms with Crippen molar-refractivity contribution in [3.63, 3.8) is 0 Å². The molecular weight excluding hydrogens is 274 g/mol. The van der Waals surface area contributed by atoms with Crippen molar-refractivity contribution in [2.45, 2.75) is 32.2 Å². The minimum atomic E-state index is -2.99. The SMILES string of the molecule is NCc1ccc(OCCS(=O)(=O)CC2CCCC2)cc1. The molecule has 0 radical (unpaired) electrons. The zero-order valence-corrected chi connectivity index (χ0v) is 12.6. The predicted octanol–water partition coefficient (Wildman–Crippen LogP) is 2.13. The van der Waals surface area contributed by atoms with Crippen LogP contribution in [-0.4, -0.2) is 26.5 Å². The largest absolute Gasteiger partial charge is 0.493 e. The second-order valence-corrected chi connectivity index (χ2v) is 7.69. The van der Waals surface area contributed by atoms with E-state index in [1.54, 1.807) is 0 Å². The highest BCUT2D eigenvalue weighted by molar-refractivity contribution is 7.91. The van der Waals surface area contributed by atoms with Crippen molar-refractivity contribution in [3.8, 4) is 5.75 Å². The Morgan fingerprint density at radius 3 is 2.40 bits per heavy atom. The maximum Gasteiger partial charge on any atom is 0.153 e. The molecule has 5 heteroatoms. The molecule has 1 aromatic carbocycles. The van der Waals surface area contributed by atoms with Gasteiger partial charge in [-0.2, -0.15) is 0 Å². The highest BCUT2D eigenvalue weighted by atomic mass is 32.2. The van der Waals surface area contributed by atoms with E-state index >= 15 is 0 Å². The zero-order valence-electron chi connectivity index (χ0n) is 11.8. The molecule has 0 saturated heterocycles. The summed E-state index contributed by atoms with van der Waals surface area (Å²) in [6.07, 6.45) is 4.45. The molecule has 20 heavy (non-hydrogen) atoms. The normalized spacial score (nSPS) is 16.4. The molecule has 1 aliphatic carbocycles. The molecule has 0 spiro atoms. The average molecular weight is 297 g/mol. The lowest BCUT2D eigenvalue weighted by Gasteiger charge is -2.11. The van der Waals surface area contributed by atoms with Gasteiger partial charge in [0.1, 0.15) is 12.4 Å². The predicted molar refractivity (Wildman–Crippen MR) is 80.4 cm³/mol. The summed E-state index contributed by atoms with van der Waals surface area (Å²) in [5.41, 5.74) is 6.55. The van der Waals surface area contributed by atoms with E-state index in [1.807, 2.05) is 24.3 Å². The van der Waals surface area contributed by atoms with Crippen molar-refractivity contribution in [2.75, 3.05) is 18.1 Å². The molecular formula is C15H23NO3S. The van der Waals surface area contributed by atoms with E-state index in [9.17, 15) is 8.42 Å². The van der Waals surface area contributed by atoms with Crippen molar-refractivity contribution >= 4 is 9.84 Å². The van der Waals surface area contributed by atoms with Gasteiger partial charge in [-0.15, -0.1) is 0 Å². The van der Waals surface area contributed by atoms with Crippen LogP contribution in [-0.2, 0) is 16.4 Å². The van der Waals surface area contributed by atoms with Gasteiger partial charge in [0.05, 0.1) is 11.5 Å². The Kier molecular flexibility index (Phi) is 5.43. The fraction of sp³-hybridized carbons (Fsp3) is 0.600. The molecule has 1 saturated carbocycles. The Bertz CT molecular complexity index is 504. The Morgan fingerprint density at radius 1 is 1.15 bits per heavy atom. The van der Waals surface area contributed by atoms with Gasteiger partial charge in [-0.1, -0.05) is 25.0 Å². The van der Waals surface area contributed by atoms with Crippen molar-refractivity contribution in [3.05, 3.63) is 29.8 Å². The molecule has 0 amide bonds. The summed E-state index contributed by atoms with van der Waals surface area (Å²) in [6.45, 7) is 0.715. The topological polar surface area (TPSA) is 69.4 Å². The number of nitrogens with two attached hydrogens (primary N) is 1. The number of hydrogen-bond donors (Lipinski definition) is 1. The van der Waals surface area contributed by atoms with Crippen LogP contribution in [0.25, 0.3) is 0 Å². The van der Waals surface area contributed by atoms with Gasteiger partial charge in [0.15, 0.2) is 9.84 Å². The first-order chi connectivity index (χ1) is 9.59. The molecule has 1 fully saturated rings. The highest BCUT2D eigenvalue weighted by Crippen LogP contribution is 2.26. The van der Waals surface area contributed by atoms with Crippen LogP contribution in [0.3, 0.4) is 0 Å². The monoisotopic (exact) mass is 297 g/mol. The molecule has 0 bridgehead atoms. The third-order valence-electron chi connectivity index (χ3n) is 3.79. The lowest BCUT2D eigenvalue weighted by atomic mass is 10.1. The first kappa shape index (κ1) is 15.3. The molecule has 112 valence electrons. The van der Waals surface area contributed by atoms with Gasteiger partial charge in [-0.05, 0) is 36.5 Å².